The summed E-state index contributed by atoms with van der Waals surface area (Å²) < 4.78 is 5.06. The highest BCUT2D eigenvalue weighted by atomic mass is 16.5. The molecule has 1 aromatic rings. The van der Waals surface area contributed by atoms with E-state index < -0.39 is 0 Å². The second-order valence-electron chi connectivity index (χ2n) is 5.05. The van der Waals surface area contributed by atoms with Gasteiger partial charge in [-0.15, -0.1) is 0 Å². The van der Waals surface area contributed by atoms with Gasteiger partial charge in [0.05, 0.1) is 7.11 Å². The van der Waals surface area contributed by atoms with E-state index >= 15 is 0 Å². The van der Waals surface area contributed by atoms with E-state index in [4.69, 9.17) is 4.74 Å². The van der Waals surface area contributed by atoms with E-state index in [9.17, 15) is 4.79 Å². The molecule has 1 atom stereocenters. The summed E-state index contributed by atoms with van der Waals surface area (Å²) in [4.78, 5) is 11.9. The fourth-order valence-electron chi connectivity index (χ4n) is 2.30. The van der Waals surface area contributed by atoms with Gasteiger partial charge in [-0.25, -0.2) is 5.43 Å². The maximum absolute atomic E-state index is 11.9. The van der Waals surface area contributed by atoms with Crippen LogP contribution in [0, 0.1) is 5.92 Å². The van der Waals surface area contributed by atoms with Gasteiger partial charge in [0.1, 0.15) is 5.75 Å². The number of amides is 1. The second kappa shape index (κ2) is 6.36. The van der Waals surface area contributed by atoms with Crippen molar-refractivity contribution in [3.05, 3.63) is 29.8 Å². The molecule has 1 amide bonds. The minimum Gasteiger partial charge on any atom is -0.497 e. The van der Waals surface area contributed by atoms with E-state index in [-0.39, 0.29) is 5.91 Å². The van der Waals surface area contributed by atoms with E-state index in [2.05, 4.69) is 17.5 Å². The van der Waals surface area contributed by atoms with Crippen molar-refractivity contribution in [3.63, 3.8) is 0 Å². The summed E-state index contributed by atoms with van der Waals surface area (Å²) in [6, 6.07) is 7.01. The van der Waals surface area contributed by atoms with Gasteiger partial charge in [0.15, 0.2) is 0 Å². The molecule has 0 bridgehead atoms. The largest absolute Gasteiger partial charge is 0.497 e. The van der Waals surface area contributed by atoms with Crippen LogP contribution in [0.2, 0.25) is 0 Å². The van der Waals surface area contributed by atoms with Crippen LogP contribution >= 0.6 is 0 Å². The van der Waals surface area contributed by atoms with Crippen molar-refractivity contribution < 1.29 is 9.53 Å². The van der Waals surface area contributed by atoms with Gasteiger partial charge in [0, 0.05) is 11.3 Å². The van der Waals surface area contributed by atoms with Crippen molar-refractivity contribution in [1.82, 2.24) is 5.43 Å². The van der Waals surface area contributed by atoms with Gasteiger partial charge < -0.3 is 4.74 Å². The lowest BCUT2D eigenvalue weighted by molar-refractivity contribution is 0.0954. The molecule has 0 aromatic heterocycles. The van der Waals surface area contributed by atoms with Gasteiger partial charge in [0.25, 0.3) is 5.91 Å². The molecule has 2 rings (SSSR count). The zero-order valence-electron chi connectivity index (χ0n) is 11.5. The van der Waals surface area contributed by atoms with Crippen LogP contribution in [0.1, 0.15) is 43.0 Å². The Labute approximate surface area is 113 Å². The number of rotatable bonds is 3. The van der Waals surface area contributed by atoms with Crippen LogP contribution in [0.4, 0.5) is 0 Å². The van der Waals surface area contributed by atoms with Crippen molar-refractivity contribution in [2.24, 2.45) is 11.0 Å². The van der Waals surface area contributed by atoms with Crippen LogP contribution < -0.4 is 10.2 Å². The number of methoxy groups -OCH3 is 1. The Morgan fingerprint density at radius 1 is 1.37 bits per heavy atom. The van der Waals surface area contributed by atoms with Gasteiger partial charge >= 0.3 is 0 Å². The third-order valence-corrected chi connectivity index (χ3v) is 3.41. The number of ether oxygens (including phenoxy) is 1. The van der Waals surface area contributed by atoms with Crippen molar-refractivity contribution in [1.29, 1.82) is 0 Å². The quantitative estimate of drug-likeness (QED) is 0.849. The molecule has 0 radical (unpaired) electrons. The number of nitrogens with zero attached hydrogens (tertiary/aromatic N) is 1. The van der Waals surface area contributed by atoms with Crippen molar-refractivity contribution in [3.8, 4) is 5.75 Å². The van der Waals surface area contributed by atoms with E-state index in [0.29, 0.717) is 11.5 Å². The SMILES string of the molecule is COc1ccc(C(=O)N/N=C2\CCCC(C)C2)cc1. The molecule has 102 valence electrons. The van der Waals surface area contributed by atoms with Gasteiger partial charge in [-0.1, -0.05) is 6.92 Å². The van der Waals surface area contributed by atoms with Crippen molar-refractivity contribution in [2.75, 3.05) is 7.11 Å². The number of carbonyl (C=O) groups excluding carboxylic acids is 1. The standard InChI is InChI=1S/C15H20N2O2/c1-11-4-3-5-13(10-11)16-17-15(18)12-6-8-14(19-2)9-7-12/h6-9,11H,3-5,10H2,1-2H3,(H,17,18)/b16-13+. The number of hydrogen-bond acceptors (Lipinski definition) is 3. The Bertz CT molecular complexity index is 466. The lowest BCUT2D eigenvalue weighted by atomic mass is 9.89. The zero-order chi connectivity index (χ0) is 13.7. The second-order valence-corrected chi connectivity index (χ2v) is 5.05. The smallest absolute Gasteiger partial charge is 0.271 e. The summed E-state index contributed by atoms with van der Waals surface area (Å²) in [6.45, 7) is 2.22. The molecule has 0 spiro atoms. The minimum atomic E-state index is -0.173. The molecule has 1 aliphatic carbocycles. The molecule has 0 saturated heterocycles. The number of benzene rings is 1. The summed E-state index contributed by atoms with van der Waals surface area (Å²) in [5, 5.41) is 4.24. The fourth-order valence-corrected chi connectivity index (χ4v) is 2.30. The van der Waals surface area contributed by atoms with E-state index in [1.807, 2.05) is 0 Å². The molecule has 1 fully saturated rings. The molecular formula is C15H20N2O2. The zero-order valence-corrected chi connectivity index (χ0v) is 11.5. The first-order chi connectivity index (χ1) is 9.19. The van der Waals surface area contributed by atoms with Gasteiger partial charge in [-0.3, -0.25) is 4.79 Å². The number of hydrogen-bond donors (Lipinski definition) is 1. The Kier molecular flexibility index (Phi) is 4.55. The maximum Gasteiger partial charge on any atom is 0.271 e. The molecular weight excluding hydrogens is 240 g/mol. The van der Waals surface area contributed by atoms with Crippen LogP contribution in [0.15, 0.2) is 29.4 Å². The van der Waals surface area contributed by atoms with Crippen LogP contribution in [-0.4, -0.2) is 18.7 Å². The summed E-state index contributed by atoms with van der Waals surface area (Å²) >= 11 is 0. The number of carbonyl (C=O) groups is 1. The normalized spacial score (nSPS) is 21.2. The monoisotopic (exact) mass is 260 g/mol. The minimum absolute atomic E-state index is 0.173. The highest BCUT2D eigenvalue weighted by Gasteiger charge is 2.14. The molecule has 0 heterocycles. The fraction of sp³-hybridized carbons (Fsp3) is 0.467. The average Bonchev–Trinajstić information content (AvgIpc) is 2.45. The third-order valence-electron chi connectivity index (χ3n) is 3.41. The van der Waals surface area contributed by atoms with Crippen LogP contribution in [-0.2, 0) is 0 Å². The predicted molar refractivity (Wildman–Crippen MR) is 75.5 cm³/mol. The Morgan fingerprint density at radius 3 is 2.74 bits per heavy atom. The van der Waals surface area contributed by atoms with Crippen LogP contribution in [0.3, 0.4) is 0 Å². The lowest BCUT2D eigenvalue weighted by Gasteiger charge is -2.18. The molecule has 0 aliphatic heterocycles. The first kappa shape index (κ1) is 13.6. The van der Waals surface area contributed by atoms with Crippen LogP contribution in [0.5, 0.6) is 5.75 Å². The first-order valence-electron chi connectivity index (χ1n) is 6.69. The molecule has 1 N–H and O–H groups in total. The Morgan fingerprint density at radius 2 is 2.11 bits per heavy atom. The van der Waals surface area contributed by atoms with Gasteiger partial charge in [0.2, 0.25) is 0 Å². The molecule has 4 heteroatoms. The summed E-state index contributed by atoms with van der Waals surface area (Å²) in [7, 11) is 1.60. The van der Waals surface area contributed by atoms with E-state index in [0.717, 1.165) is 24.3 Å². The summed E-state index contributed by atoms with van der Waals surface area (Å²) in [5.41, 5.74) is 4.32. The van der Waals surface area contributed by atoms with Crippen LogP contribution in [0.25, 0.3) is 0 Å². The average molecular weight is 260 g/mol. The highest BCUT2D eigenvalue weighted by Crippen LogP contribution is 2.21. The Balaban J connectivity index is 1.94. The molecule has 1 saturated carbocycles. The van der Waals surface area contributed by atoms with Gasteiger partial charge in [-0.05, 0) is 55.9 Å². The topological polar surface area (TPSA) is 50.7 Å². The first-order valence-corrected chi connectivity index (χ1v) is 6.69. The molecule has 4 nitrogen and oxygen atoms in total. The van der Waals surface area contributed by atoms with E-state index in [1.54, 1.807) is 31.4 Å². The lowest BCUT2D eigenvalue weighted by Crippen LogP contribution is -2.22. The van der Waals surface area contributed by atoms with Crippen molar-refractivity contribution >= 4 is 11.6 Å². The molecule has 19 heavy (non-hydrogen) atoms. The summed E-state index contributed by atoms with van der Waals surface area (Å²) in [6.07, 6.45) is 4.40. The predicted octanol–water partition coefficient (Wildman–Crippen LogP) is 2.99. The molecule has 1 aliphatic rings. The van der Waals surface area contributed by atoms with Gasteiger partial charge in [-0.2, -0.15) is 5.10 Å². The highest BCUT2D eigenvalue weighted by molar-refractivity contribution is 5.95. The Hall–Kier alpha value is -1.84. The molecule has 1 unspecified atom stereocenters. The third kappa shape index (κ3) is 3.81. The maximum atomic E-state index is 11.9. The number of nitrogens with one attached hydrogen (secondary N) is 1. The number of hydrazone groups is 1. The van der Waals surface area contributed by atoms with E-state index in [1.165, 1.54) is 12.8 Å². The summed E-state index contributed by atoms with van der Waals surface area (Å²) in [5.74, 6) is 1.24. The van der Waals surface area contributed by atoms with Crippen molar-refractivity contribution in [2.45, 2.75) is 32.6 Å². The molecule has 1 aromatic carbocycles.